The van der Waals surface area contributed by atoms with Crippen molar-refractivity contribution in [2.45, 2.75) is 118 Å². The minimum atomic E-state index is -0.0938. The minimum absolute atomic E-state index is 0.0938. The molecule has 0 aromatic rings. The van der Waals surface area contributed by atoms with Gasteiger partial charge in [0.2, 0.25) is 0 Å². The first-order chi connectivity index (χ1) is 15.0. The van der Waals surface area contributed by atoms with Gasteiger partial charge in [-0.15, -0.1) is 0 Å². The van der Waals surface area contributed by atoms with Crippen molar-refractivity contribution < 1.29 is 9.84 Å². The van der Waals surface area contributed by atoms with Gasteiger partial charge in [0.1, 0.15) is 0 Å². The summed E-state index contributed by atoms with van der Waals surface area (Å²) in [7, 11) is 0. The molecule has 1 aliphatic heterocycles. The van der Waals surface area contributed by atoms with Gasteiger partial charge in [-0.25, -0.2) is 0 Å². The van der Waals surface area contributed by atoms with Crippen LogP contribution in [0.25, 0.3) is 0 Å². The summed E-state index contributed by atoms with van der Waals surface area (Å²) in [6.45, 7) is 15.6. The normalized spacial score (nSPS) is 57.7. The Kier molecular flexibility index (Phi) is 4.61. The van der Waals surface area contributed by atoms with Gasteiger partial charge in [-0.05, 0) is 129 Å². The summed E-state index contributed by atoms with van der Waals surface area (Å²) >= 11 is 0. The predicted molar refractivity (Wildman–Crippen MR) is 130 cm³/mol. The second kappa shape index (κ2) is 6.66. The highest BCUT2D eigenvalue weighted by Gasteiger charge is 2.82. The van der Waals surface area contributed by atoms with Crippen LogP contribution in [0.1, 0.15) is 106 Å². The zero-order chi connectivity index (χ0) is 22.7. The van der Waals surface area contributed by atoms with Crippen molar-refractivity contribution in [1.29, 1.82) is 0 Å². The maximum atomic E-state index is 10.9. The lowest BCUT2D eigenvalue weighted by atomic mass is 9.41. The molecule has 2 nitrogen and oxygen atoms in total. The summed E-state index contributed by atoms with van der Waals surface area (Å²) in [4.78, 5) is 0. The Morgan fingerprint density at radius 2 is 1.56 bits per heavy atom. The fraction of sp³-hybridized carbons (Fsp3) is 0.933. The van der Waals surface area contributed by atoms with Crippen molar-refractivity contribution in [3.63, 3.8) is 0 Å². The van der Waals surface area contributed by atoms with Gasteiger partial charge in [0, 0.05) is 0 Å². The van der Waals surface area contributed by atoms with Gasteiger partial charge in [0.15, 0.2) is 0 Å². The second-order valence-corrected chi connectivity index (χ2v) is 14.6. The van der Waals surface area contributed by atoms with Crippen LogP contribution in [0, 0.1) is 50.7 Å². The minimum Gasteiger partial charge on any atom is -0.393 e. The molecule has 0 unspecified atom stereocenters. The maximum Gasteiger partial charge on any atom is 0.0761 e. The first-order valence-electron chi connectivity index (χ1n) is 13.9. The number of allylic oxidation sites excluding steroid dienone is 1. The molecule has 2 heteroatoms. The Balaban J connectivity index is 1.28. The van der Waals surface area contributed by atoms with Gasteiger partial charge in [0.25, 0.3) is 0 Å². The second-order valence-electron chi connectivity index (χ2n) is 14.6. The Morgan fingerprint density at radius 3 is 2.31 bits per heavy atom. The van der Waals surface area contributed by atoms with E-state index in [0.29, 0.717) is 27.8 Å². The third-order valence-electron chi connectivity index (χ3n) is 13.3. The van der Waals surface area contributed by atoms with Crippen LogP contribution >= 0.6 is 0 Å². The van der Waals surface area contributed by atoms with Gasteiger partial charge in [-0.1, -0.05) is 39.3 Å². The molecule has 2 spiro atoms. The van der Waals surface area contributed by atoms with Crippen LogP contribution in [0.4, 0.5) is 0 Å². The SMILES string of the molecule is CC(C)=C[C@@H]1C[C@H]([C@H]2CC[C@@]3(C)[C@@H]4CC[C@H]5C(C)(C)[C@H](O)CC[C@@]56C[C@@]46CC[C@]23C)CO1. The van der Waals surface area contributed by atoms with Crippen molar-refractivity contribution in [3.8, 4) is 0 Å². The lowest BCUT2D eigenvalue weighted by Gasteiger charge is -2.63. The Morgan fingerprint density at radius 1 is 0.844 bits per heavy atom. The van der Waals surface area contributed by atoms with Crippen LogP contribution in [0.3, 0.4) is 0 Å². The zero-order valence-corrected chi connectivity index (χ0v) is 21.7. The van der Waals surface area contributed by atoms with E-state index in [1.807, 2.05) is 0 Å². The summed E-state index contributed by atoms with van der Waals surface area (Å²) < 4.78 is 6.28. The average molecular weight is 441 g/mol. The summed E-state index contributed by atoms with van der Waals surface area (Å²) in [6.07, 6.45) is 16.2. The van der Waals surface area contributed by atoms with Gasteiger partial charge in [0.05, 0.1) is 18.8 Å². The predicted octanol–water partition coefficient (Wildman–Crippen LogP) is 7.16. The molecule has 5 saturated carbocycles. The van der Waals surface area contributed by atoms with Gasteiger partial charge < -0.3 is 9.84 Å². The molecule has 6 rings (SSSR count). The monoisotopic (exact) mass is 440 g/mol. The molecule has 6 aliphatic rings. The molecule has 32 heavy (non-hydrogen) atoms. The summed E-state index contributed by atoms with van der Waals surface area (Å²) in [5.41, 5.74) is 3.65. The summed E-state index contributed by atoms with van der Waals surface area (Å²) in [6, 6.07) is 0. The number of aliphatic hydroxyl groups excluding tert-OH is 1. The van der Waals surface area contributed by atoms with E-state index in [1.54, 1.807) is 0 Å². The van der Waals surface area contributed by atoms with Crippen LogP contribution in [0.2, 0.25) is 0 Å². The smallest absolute Gasteiger partial charge is 0.0761 e. The van der Waals surface area contributed by atoms with E-state index < -0.39 is 0 Å². The highest BCUT2D eigenvalue weighted by atomic mass is 16.5. The van der Waals surface area contributed by atoms with Gasteiger partial charge in [-0.3, -0.25) is 0 Å². The maximum absolute atomic E-state index is 10.9. The number of fused-ring (bicyclic) bond motifs is 2. The van der Waals surface area contributed by atoms with Crippen LogP contribution in [-0.2, 0) is 4.74 Å². The molecule has 10 atom stereocenters. The van der Waals surface area contributed by atoms with Crippen molar-refractivity contribution in [1.82, 2.24) is 0 Å². The van der Waals surface area contributed by atoms with E-state index in [-0.39, 0.29) is 11.5 Å². The molecule has 1 N–H and O–H groups in total. The Labute approximate surface area is 197 Å². The third kappa shape index (κ3) is 2.50. The first-order valence-corrected chi connectivity index (χ1v) is 13.9. The molecule has 180 valence electrons. The number of hydrogen-bond donors (Lipinski definition) is 1. The molecule has 1 saturated heterocycles. The largest absolute Gasteiger partial charge is 0.393 e. The number of aliphatic hydroxyl groups is 1. The topological polar surface area (TPSA) is 29.5 Å². The average Bonchev–Trinajstić information content (AvgIpc) is 3.02. The van der Waals surface area contributed by atoms with Crippen LogP contribution < -0.4 is 0 Å². The van der Waals surface area contributed by atoms with Crippen molar-refractivity contribution in [2.24, 2.45) is 50.7 Å². The highest BCUT2D eigenvalue weighted by molar-refractivity contribution is 5.30. The van der Waals surface area contributed by atoms with Crippen LogP contribution in [0.15, 0.2) is 11.6 Å². The molecular formula is C30H48O2. The lowest BCUT2D eigenvalue weighted by molar-refractivity contribution is -0.161. The molecule has 0 radical (unpaired) electrons. The van der Waals surface area contributed by atoms with Crippen molar-refractivity contribution >= 4 is 0 Å². The third-order valence-corrected chi connectivity index (χ3v) is 13.3. The molecule has 0 bridgehead atoms. The van der Waals surface area contributed by atoms with Crippen LogP contribution in [-0.4, -0.2) is 23.9 Å². The number of hydrogen-bond acceptors (Lipinski definition) is 2. The standard InChI is InChI=1S/C30H48O2/c1-19(2)15-21-16-20(17-32-21)22-9-11-28(6)24-8-7-23-26(3,4)25(31)10-12-29(23)18-30(24,29)14-13-27(22,28)5/h15,20-25,31H,7-14,16-18H2,1-6H3/t20-,21+,22+,23-,24-,25+,27+,28-,29+,30-/m0/s1. The van der Waals surface area contributed by atoms with E-state index in [9.17, 15) is 5.11 Å². The van der Waals surface area contributed by atoms with E-state index in [1.165, 1.54) is 63.4 Å². The van der Waals surface area contributed by atoms with Crippen LogP contribution in [0.5, 0.6) is 0 Å². The van der Waals surface area contributed by atoms with Gasteiger partial charge >= 0.3 is 0 Å². The van der Waals surface area contributed by atoms with Crippen molar-refractivity contribution in [2.75, 3.05) is 6.61 Å². The molecular weight excluding hydrogens is 392 g/mol. The quantitative estimate of drug-likeness (QED) is 0.462. The van der Waals surface area contributed by atoms with E-state index >= 15 is 0 Å². The van der Waals surface area contributed by atoms with E-state index in [0.717, 1.165) is 36.7 Å². The first kappa shape index (κ1) is 22.1. The number of rotatable bonds is 2. The van der Waals surface area contributed by atoms with Gasteiger partial charge in [-0.2, -0.15) is 0 Å². The molecule has 0 aromatic heterocycles. The Hall–Kier alpha value is -0.340. The van der Waals surface area contributed by atoms with E-state index in [2.05, 4.69) is 47.6 Å². The molecule has 0 amide bonds. The lowest BCUT2D eigenvalue weighted by Crippen LogP contribution is -2.57. The number of ether oxygens (including phenoxy) is 1. The fourth-order valence-corrected chi connectivity index (χ4v) is 11.6. The fourth-order valence-electron chi connectivity index (χ4n) is 11.6. The molecule has 5 aliphatic carbocycles. The summed E-state index contributed by atoms with van der Waals surface area (Å²) in [5.74, 6) is 3.26. The van der Waals surface area contributed by atoms with Crippen molar-refractivity contribution in [3.05, 3.63) is 11.6 Å². The summed E-state index contributed by atoms with van der Waals surface area (Å²) in [5, 5.41) is 10.9. The molecule has 6 fully saturated rings. The Bertz CT molecular complexity index is 825. The highest BCUT2D eigenvalue weighted by Crippen LogP contribution is 2.89. The van der Waals surface area contributed by atoms with E-state index in [4.69, 9.17) is 4.74 Å². The molecule has 1 heterocycles. The zero-order valence-electron chi connectivity index (χ0n) is 21.7. The molecule has 0 aromatic carbocycles.